The number of carbonyl (C=O) groups excluding carboxylic acids is 1. The van der Waals surface area contributed by atoms with Gasteiger partial charge in [-0.15, -0.1) is 0 Å². The molecule has 1 aromatic heterocycles. The van der Waals surface area contributed by atoms with Gasteiger partial charge >= 0.3 is 12.1 Å². The highest BCUT2D eigenvalue weighted by Gasteiger charge is 2.46. The summed E-state index contributed by atoms with van der Waals surface area (Å²) in [5.41, 5.74) is -1.83. The molecule has 0 aliphatic carbocycles. The molecule has 0 bridgehead atoms. The Balaban J connectivity index is 1.71. The number of nitrogens with zero attached hydrogens (tertiary/aromatic N) is 2. The lowest BCUT2D eigenvalue weighted by Gasteiger charge is -2.31. The van der Waals surface area contributed by atoms with E-state index in [1.807, 2.05) is 0 Å². The van der Waals surface area contributed by atoms with Gasteiger partial charge in [0.1, 0.15) is 11.3 Å². The van der Waals surface area contributed by atoms with Crippen LogP contribution in [0.5, 0.6) is 11.6 Å². The fraction of sp³-hybridized carbons (Fsp3) is 0.316. The lowest BCUT2D eigenvalue weighted by atomic mass is 9.98. The van der Waals surface area contributed by atoms with Crippen molar-refractivity contribution in [3.05, 3.63) is 53.7 Å². The van der Waals surface area contributed by atoms with Crippen LogP contribution in [0.4, 0.5) is 13.2 Å². The number of ether oxygens (including phenoxy) is 1. The number of halogens is 3. The Morgan fingerprint density at radius 3 is 2.39 bits per heavy atom. The minimum atomic E-state index is -4.48. The third-order valence-corrected chi connectivity index (χ3v) is 4.73. The van der Waals surface area contributed by atoms with Gasteiger partial charge in [0, 0.05) is 24.4 Å². The topological polar surface area (TPSA) is 79.7 Å². The second kappa shape index (κ2) is 7.14. The fourth-order valence-corrected chi connectivity index (χ4v) is 3.06. The maximum Gasteiger partial charge on any atom is 0.417 e. The van der Waals surface area contributed by atoms with Gasteiger partial charge in [-0.25, -0.2) is 9.78 Å². The molecule has 2 heterocycles. The number of amides is 1. The molecular weight excluding hydrogens is 377 g/mol. The molecule has 1 amide bonds. The minimum Gasteiger partial charge on any atom is -0.480 e. The summed E-state index contributed by atoms with van der Waals surface area (Å²) in [6, 6.07) is 7.86. The van der Waals surface area contributed by atoms with Crippen LogP contribution in [0.3, 0.4) is 0 Å². The van der Waals surface area contributed by atoms with Crippen LogP contribution < -0.4 is 4.74 Å². The number of aliphatic carboxylic acids is 1. The fourth-order valence-electron chi connectivity index (χ4n) is 3.06. The van der Waals surface area contributed by atoms with Crippen molar-refractivity contribution in [1.29, 1.82) is 0 Å². The molecule has 1 aliphatic heterocycles. The molecule has 2 aromatic rings. The number of hydrogen-bond acceptors (Lipinski definition) is 4. The quantitative estimate of drug-likeness (QED) is 0.849. The van der Waals surface area contributed by atoms with Crippen LogP contribution in [-0.2, 0) is 11.0 Å². The van der Waals surface area contributed by atoms with Gasteiger partial charge < -0.3 is 14.7 Å². The van der Waals surface area contributed by atoms with Crippen molar-refractivity contribution in [2.75, 3.05) is 6.54 Å². The zero-order valence-electron chi connectivity index (χ0n) is 14.9. The molecule has 1 N–H and O–H groups in total. The number of benzene rings is 1. The van der Waals surface area contributed by atoms with Crippen molar-refractivity contribution in [3.63, 3.8) is 0 Å². The standard InChI is InChI=1S/C19H17F3N2O4/c1-18(17(26)27)9-2-10-24(18)16(25)12-3-6-14(7-4-12)28-15-8-5-13(11-23-15)19(20,21)22/h3-8,11H,2,9-10H2,1H3,(H,26,27). The molecule has 0 spiro atoms. The van der Waals surface area contributed by atoms with E-state index in [0.29, 0.717) is 31.1 Å². The molecule has 9 heteroatoms. The molecule has 0 saturated carbocycles. The van der Waals surface area contributed by atoms with E-state index in [2.05, 4.69) is 4.98 Å². The van der Waals surface area contributed by atoms with Gasteiger partial charge in [0.15, 0.2) is 0 Å². The lowest BCUT2D eigenvalue weighted by Crippen LogP contribution is -2.50. The van der Waals surface area contributed by atoms with Crippen LogP contribution in [0.25, 0.3) is 0 Å². The first kappa shape index (κ1) is 19.7. The molecule has 28 heavy (non-hydrogen) atoms. The Hall–Kier alpha value is -3.10. The first-order chi connectivity index (χ1) is 13.1. The number of carboxylic acids is 1. The molecule has 3 rings (SSSR count). The van der Waals surface area contributed by atoms with Crippen LogP contribution in [-0.4, -0.2) is 39.0 Å². The van der Waals surface area contributed by atoms with E-state index in [4.69, 9.17) is 4.74 Å². The average molecular weight is 394 g/mol. The predicted molar refractivity (Wildman–Crippen MR) is 92.1 cm³/mol. The first-order valence-corrected chi connectivity index (χ1v) is 8.48. The van der Waals surface area contributed by atoms with Crippen LogP contribution in [0.15, 0.2) is 42.6 Å². The van der Waals surface area contributed by atoms with Crippen LogP contribution in [0.1, 0.15) is 35.7 Å². The Bertz CT molecular complexity index is 882. The second-order valence-electron chi connectivity index (χ2n) is 6.65. The van der Waals surface area contributed by atoms with Crippen molar-refractivity contribution in [2.24, 2.45) is 0 Å². The Morgan fingerprint density at radius 1 is 1.18 bits per heavy atom. The number of likely N-dealkylation sites (tertiary alicyclic amines) is 1. The molecule has 1 aromatic carbocycles. The predicted octanol–water partition coefficient (Wildman–Crippen LogP) is 3.97. The normalized spacial score (nSPS) is 19.5. The van der Waals surface area contributed by atoms with E-state index in [9.17, 15) is 27.9 Å². The first-order valence-electron chi connectivity index (χ1n) is 8.48. The van der Waals surface area contributed by atoms with Gasteiger partial charge in [0.05, 0.1) is 5.56 Å². The van der Waals surface area contributed by atoms with Gasteiger partial charge in [0.25, 0.3) is 5.91 Å². The zero-order valence-corrected chi connectivity index (χ0v) is 14.9. The third-order valence-electron chi connectivity index (χ3n) is 4.73. The van der Waals surface area contributed by atoms with Gasteiger partial charge in [-0.2, -0.15) is 13.2 Å². The number of aromatic nitrogens is 1. The Kier molecular flexibility index (Phi) is 5.01. The Labute approximate surface area is 158 Å². The maximum atomic E-state index is 12.7. The van der Waals surface area contributed by atoms with Gasteiger partial charge in [-0.05, 0) is 50.1 Å². The summed E-state index contributed by atoms with van der Waals surface area (Å²) in [6.45, 7) is 1.88. The highest BCUT2D eigenvalue weighted by molar-refractivity contribution is 5.98. The number of rotatable bonds is 4. The molecule has 1 aliphatic rings. The second-order valence-corrected chi connectivity index (χ2v) is 6.65. The van der Waals surface area contributed by atoms with Crippen molar-refractivity contribution in [1.82, 2.24) is 9.88 Å². The molecular formula is C19H17F3N2O4. The molecule has 1 unspecified atom stereocenters. The summed E-state index contributed by atoms with van der Waals surface area (Å²) in [5.74, 6) is -1.19. The summed E-state index contributed by atoms with van der Waals surface area (Å²) >= 11 is 0. The summed E-state index contributed by atoms with van der Waals surface area (Å²) < 4.78 is 43.0. The van der Waals surface area contributed by atoms with Crippen molar-refractivity contribution in [2.45, 2.75) is 31.5 Å². The maximum absolute atomic E-state index is 12.7. The van der Waals surface area contributed by atoms with E-state index >= 15 is 0 Å². The third kappa shape index (κ3) is 3.78. The summed E-state index contributed by atoms with van der Waals surface area (Å²) in [7, 11) is 0. The molecule has 6 nitrogen and oxygen atoms in total. The highest BCUT2D eigenvalue weighted by Crippen LogP contribution is 2.32. The van der Waals surface area contributed by atoms with E-state index < -0.39 is 29.2 Å². The Morgan fingerprint density at radius 2 is 1.86 bits per heavy atom. The van der Waals surface area contributed by atoms with Crippen molar-refractivity contribution in [3.8, 4) is 11.6 Å². The van der Waals surface area contributed by atoms with Gasteiger partial charge in [0.2, 0.25) is 5.88 Å². The number of carboxylic acid groups (broad SMARTS) is 1. The molecule has 1 saturated heterocycles. The van der Waals surface area contributed by atoms with Gasteiger partial charge in [-0.1, -0.05) is 0 Å². The summed E-state index contributed by atoms with van der Waals surface area (Å²) in [6.07, 6.45) is -2.81. The van der Waals surface area contributed by atoms with Crippen molar-refractivity contribution >= 4 is 11.9 Å². The lowest BCUT2D eigenvalue weighted by molar-refractivity contribution is -0.147. The van der Waals surface area contributed by atoms with Crippen LogP contribution in [0.2, 0.25) is 0 Å². The summed E-state index contributed by atoms with van der Waals surface area (Å²) in [4.78, 5) is 29.1. The van der Waals surface area contributed by atoms with Gasteiger partial charge in [-0.3, -0.25) is 4.79 Å². The number of carbonyl (C=O) groups is 2. The molecule has 148 valence electrons. The van der Waals surface area contributed by atoms with E-state index in [1.54, 1.807) is 0 Å². The minimum absolute atomic E-state index is 0.0231. The van der Waals surface area contributed by atoms with Crippen molar-refractivity contribution < 1.29 is 32.6 Å². The average Bonchev–Trinajstić information content (AvgIpc) is 3.05. The van der Waals surface area contributed by atoms with Crippen LogP contribution in [0, 0.1) is 0 Å². The van der Waals surface area contributed by atoms with E-state index in [1.165, 1.54) is 36.1 Å². The largest absolute Gasteiger partial charge is 0.480 e. The van der Waals surface area contributed by atoms with E-state index in [-0.39, 0.29) is 11.6 Å². The highest BCUT2D eigenvalue weighted by atomic mass is 19.4. The molecule has 1 atom stereocenters. The number of pyridine rings is 1. The molecule has 0 radical (unpaired) electrons. The number of alkyl halides is 3. The smallest absolute Gasteiger partial charge is 0.417 e. The van der Waals surface area contributed by atoms with Crippen LogP contribution >= 0.6 is 0 Å². The summed E-state index contributed by atoms with van der Waals surface area (Å²) in [5, 5.41) is 9.43. The molecule has 1 fully saturated rings. The SMILES string of the molecule is CC1(C(=O)O)CCCN1C(=O)c1ccc(Oc2ccc(C(F)(F)F)cn2)cc1. The van der Waals surface area contributed by atoms with E-state index in [0.717, 1.165) is 12.1 Å². The monoisotopic (exact) mass is 394 g/mol. The number of hydrogen-bond donors (Lipinski definition) is 1. The zero-order chi connectivity index (χ0) is 20.5.